The molecule has 0 bridgehead atoms. The number of nitrogens with zero attached hydrogens (tertiary/aromatic N) is 2. The zero-order valence-electron chi connectivity index (χ0n) is 10.8. The molecule has 1 saturated carbocycles. The first-order valence-corrected chi connectivity index (χ1v) is 6.42. The van der Waals surface area contributed by atoms with E-state index in [0.717, 1.165) is 18.4 Å². The summed E-state index contributed by atoms with van der Waals surface area (Å²) in [6.07, 6.45) is 6.91. The molecule has 1 aliphatic rings. The van der Waals surface area contributed by atoms with Gasteiger partial charge < -0.3 is 19.4 Å². The molecule has 1 fully saturated rings. The van der Waals surface area contributed by atoms with Gasteiger partial charge in [0.1, 0.15) is 11.8 Å². The molecule has 1 aliphatic carbocycles. The Labute approximate surface area is 110 Å². The van der Waals surface area contributed by atoms with Crippen molar-refractivity contribution in [2.45, 2.75) is 37.8 Å². The van der Waals surface area contributed by atoms with Crippen molar-refractivity contribution in [3.63, 3.8) is 0 Å². The Kier molecular flexibility index (Phi) is 3.12. The van der Waals surface area contributed by atoms with Gasteiger partial charge in [-0.3, -0.25) is 0 Å². The van der Waals surface area contributed by atoms with Crippen LogP contribution in [0, 0.1) is 0 Å². The summed E-state index contributed by atoms with van der Waals surface area (Å²) in [6, 6.07) is 1.76. The van der Waals surface area contributed by atoms with Gasteiger partial charge in [-0.05, 0) is 32.3 Å². The van der Waals surface area contributed by atoms with E-state index in [1.54, 1.807) is 18.6 Å². The van der Waals surface area contributed by atoms with Crippen LogP contribution in [0.15, 0.2) is 27.5 Å². The topological polar surface area (TPSA) is 87.3 Å². The molecule has 0 spiro atoms. The van der Waals surface area contributed by atoms with Crippen LogP contribution in [0.5, 0.6) is 0 Å². The summed E-state index contributed by atoms with van der Waals surface area (Å²) < 4.78 is 15.9. The number of nitrogens with two attached hydrogens (primary N) is 1. The molecule has 1 unspecified atom stereocenters. The number of hydrogen-bond donors (Lipinski definition) is 1. The summed E-state index contributed by atoms with van der Waals surface area (Å²) in [5, 5.41) is 3.93. The van der Waals surface area contributed by atoms with Gasteiger partial charge in [-0.15, -0.1) is 0 Å². The first-order chi connectivity index (χ1) is 9.15. The smallest absolute Gasteiger partial charge is 0.261 e. The lowest BCUT2D eigenvalue weighted by molar-refractivity contribution is -0.0222. The van der Waals surface area contributed by atoms with Crippen LogP contribution in [0.1, 0.15) is 32.0 Å². The molecule has 102 valence electrons. The number of aromatic nitrogens is 2. The van der Waals surface area contributed by atoms with E-state index in [0.29, 0.717) is 24.4 Å². The van der Waals surface area contributed by atoms with E-state index in [-0.39, 0.29) is 0 Å². The zero-order valence-corrected chi connectivity index (χ0v) is 10.8. The molecule has 19 heavy (non-hydrogen) atoms. The number of furan rings is 1. The minimum absolute atomic E-state index is 0.336. The molecule has 0 radical (unpaired) electrons. The van der Waals surface area contributed by atoms with Crippen LogP contribution in [0.3, 0.4) is 0 Å². The molecule has 2 heterocycles. The van der Waals surface area contributed by atoms with Gasteiger partial charge in [0.05, 0.1) is 24.5 Å². The van der Waals surface area contributed by atoms with Crippen LogP contribution < -0.4 is 5.73 Å². The summed E-state index contributed by atoms with van der Waals surface area (Å²) in [4.78, 5) is 4.30. The molecule has 2 aromatic heterocycles. The van der Waals surface area contributed by atoms with Crippen molar-refractivity contribution >= 4 is 0 Å². The largest absolute Gasteiger partial charge is 0.472 e. The zero-order chi connectivity index (χ0) is 13.3. The molecule has 2 aromatic rings. The van der Waals surface area contributed by atoms with Crippen LogP contribution in [0.25, 0.3) is 11.5 Å². The van der Waals surface area contributed by atoms with Crippen LogP contribution in [0.2, 0.25) is 0 Å². The van der Waals surface area contributed by atoms with Gasteiger partial charge in [-0.2, -0.15) is 4.98 Å². The van der Waals surface area contributed by atoms with Gasteiger partial charge in [0.25, 0.3) is 5.89 Å². The van der Waals surface area contributed by atoms with E-state index in [4.69, 9.17) is 19.4 Å². The molecule has 1 atom stereocenters. The summed E-state index contributed by atoms with van der Waals surface area (Å²) >= 11 is 0. The van der Waals surface area contributed by atoms with E-state index in [2.05, 4.69) is 10.1 Å². The molecular formula is C13H17N3O3. The maximum absolute atomic E-state index is 6.20. The third-order valence-corrected chi connectivity index (χ3v) is 3.38. The Morgan fingerprint density at radius 3 is 3.00 bits per heavy atom. The highest BCUT2D eigenvalue weighted by atomic mass is 16.5. The predicted molar refractivity (Wildman–Crippen MR) is 67.1 cm³/mol. The van der Waals surface area contributed by atoms with Crippen molar-refractivity contribution in [1.82, 2.24) is 10.1 Å². The van der Waals surface area contributed by atoms with E-state index >= 15 is 0 Å². The van der Waals surface area contributed by atoms with Crippen LogP contribution in [-0.2, 0) is 10.3 Å². The fourth-order valence-corrected chi connectivity index (χ4v) is 1.85. The summed E-state index contributed by atoms with van der Waals surface area (Å²) in [5.74, 6) is 0.854. The number of hydrogen-bond acceptors (Lipinski definition) is 6. The van der Waals surface area contributed by atoms with Crippen molar-refractivity contribution in [2.24, 2.45) is 5.73 Å². The minimum Gasteiger partial charge on any atom is -0.472 e. The highest BCUT2D eigenvalue weighted by Gasteiger charge is 2.30. The third-order valence-electron chi connectivity index (χ3n) is 3.38. The maximum atomic E-state index is 6.20. The SMILES string of the molecule is CC(N)(COC1CCC1)c1noc(-c2ccoc2)n1. The molecule has 0 aromatic carbocycles. The highest BCUT2D eigenvalue weighted by molar-refractivity contribution is 5.49. The normalized spacial score (nSPS) is 19.1. The van der Waals surface area contributed by atoms with Crippen LogP contribution >= 0.6 is 0 Å². The van der Waals surface area contributed by atoms with Gasteiger partial charge in [-0.1, -0.05) is 5.16 Å². The molecule has 3 rings (SSSR count). The van der Waals surface area contributed by atoms with E-state index in [1.165, 1.54) is 6.42 Å². The van der Waals surface area contributed by atoms with Gasteiger partial charge in [0.2, 0.25) is 0 Å². The molecule has 6 heteroatoms. The van der Waals surface area contributed by atoms with Gasteiger partial charge in [-0.25, -0.2) is 0 Å². The molecule has 2 N–H and O–H groups in total. The summed E-state index contributed by atoms with van der Waals surface area (Å²) in [7, 11) is 0. The first kappa shape index (κ1) is 12.4. The van der Waals surface area contributed by atoms with Crippen molar-refractivity contribution in [3.8, 4) is 11.5 Å². The average molecular weight is 263 g/mol. The first-order valence-electron chi connectivity index (χ1n) is 6.42. The Balaban J connectivity index is 1.69. The highest BCUT2D eigenvalue weighted by Crippen LogP contribution is 2.26. The van der Waals surface area contributed by atoms with Gasteiger partial charge in [0, 0.05) is 0 Å². The predicted octanol–water partition coefficient (Wildman–Crippen LogP) is 2.07. The third kappa shape index (κ3) is 2.54. The second kappa shape index (κ2) is 4.79. The van der Waals surface area contributed by atoms with Gasteiger partial charge in [0.15, 0.2) is 5.82 Å². The average Bonchev–Trinajstić information content (AvgIpc) is 2.98. The lowest BCUT2D eigenvalue weighted by Crippen LogP contribution is -2.41. The summed E-state index contributed by atoms with van der Waals surface area (Å²) in [6.45, 7) is 2.23. The standard InChI is InChI=1S/C13H17N3O3/c1-13(14,8-18-10-3-2-4-10)12-15-11(19-16-12)9-5-6-17-7-9/h5-7,10H,2-4,8,14H2,1H3. The second-order valence-corrected chi connectivity index (χ2v) is 5.22. The Hall–Kier alpha value is -1.66. The van der Waals surface area contributed by atoms with E-state index < -0.39 is 5.54 Å². The Morgan fingerprint density at radius 1 is 1.53 bits per heavy atom. The second-order valence-electron chi connectivity index (χ2n) is 5.22. The molecular weight excluding hydrogens is 246 g/mol. The lowest BCUT2D eigenvalue weighted by Gasteiger charge is -2.29. The molecule has 0 aliphatic heterocycles. The van der Waals surface area contributed by atoms with Crippen LogP contribution in [-0.4, -0.2) is 22.9 Å². The minimum atomic E-state index is -0.749. The van der Waals surface area contributed by atoms with E-state index in [1.807, 2.05) is 6.92 Å². The van der Waals surface area contributed by atoms with Crippen LogP contribution in [0.4, 0.5) is 0 Å². The Bertz CT molecular complexity index is 529. The fraction of sp³-hybridized carbons (Fsp3) is 0.538. The molecule has 0 amide bonds. The van der Waals surface area contributed by atoms with E-state index in [9.17, 15) is 0 Å². The summed E-state index contributed by atoms with van der Waals surface area (Å²) in [5.41, 5.74) is 6.19. The molecule has 0 saturated heterocycles. The van der Waals surface area contributed by atoms with Crippen molar-refractivity contribution < 1.29 is 13.7 Å². The lowest BCUT2D eigenvalue weighted by atomic mass is 9.95. The fourth-order valence-electron chi connectivity index (χ4n) is 1.85. The van der Waals surface area contributed by atoms with Crippen molar-refractivity contribution in [1.29, 1.82) is 0 Å². The Morgan fingerprint density at radius 2 is 2.37 bits per heavy atom. The number of ether oxygens (including phenoxy) is 1. The quantitative estimate of drug-likeness (QED) is 0.888. The van der Waals surface area contributed by atoms with Gasteiger partial charge >= 0.3 is 0 Å². The van der Waals surface area contributed by atoms with Crippen molar-refractivity contribution in [3.05, 3.63) is 24.4 Å². The maximum Gasteiger partial charge on any atom is 0.261 e. The monoisotopic (exact) mass is 263 g/mol. The molecule has 6 nitrogen and oxygen atoms in total. The van der Waals surface area contributed by atoms with Crippen molar-refractivity contribution in [2.75, 3.05) is 6.61 Å². The number of rotatable bonds is 5.